The molecule has 4 aliphatic heterocycles. The number of pyridine rings is 2. The van der Waals surface area contributed by atoms with Gasteiger partial charge in [-0.3, -0.25) is 43.5 Å². The Morgan fingerprint density at radius 2 is 1.07 bits per heavy atom. The summed E-state index contributed by atoms with van der Waals surface area (Å²) >= 11 is 23.9. The predicted octanol–water partition coefficient (Wildman–Crippen LogP) is 13.7. The lowest BCUT2D eigenvalue weighted by atomic mass is 10.0. The van der Waals surface area contributed by atoms with Gasteiger partial charge in [-0.05, 0) is 116 Å². The first-order chi connectivity index (χ1) is 54.4. The van der Waals surface area contributed by atoms with Crippen molar-refractivity contribution in [2.45, 2.75) is 45.0 Å². The van der Waals surface area contributed by atoms with Crippen molar-refractivity contribution < 1.29 is 29.0 Å². The van der Waals surface area contributed by atoms with Crippen molar-refractivity contribution in [1.82, 2.24) is 67.9 Å². The molecule has 9 aromatic heterocycles. The molecule has 0 saturated carbocycles. The summed E-state index contributed by atoms with van der Waals surface area (Å²) < 4.78 is 26.6. The van der Waals surface area contributed by atoms with Crippen molar-refractivity contribution in [3.63, 3.8) is 0 Å². The number of hydrogen-bond acceptors (Lipinski definition) is 18. The summed E-state index contributed by atoms with van der Waals surface area (Å²) in [5.41, 5.74) is 16.2. The van der Waals surface area contributed by atoms with E-state index in [0.717, 1.165) is 192 Å². The average Bonchev–Trinajstić information content (AvgIpc) is 1.66. The van der Waals surface area contributed by atoms with E-state index in [1.165, 1.54) is 27.6 Å². The quantitative estimate of drug-likeness (QED) is 0.0605. The van der Waals surface area contributed by atoms with E-state index in [1.807, 2.05) is 177 Å². The molecule has 0 bridgehead atoms. The number of halogens is 4. The highest BCUT2D eigenvalue weighted by Gasteiger charge is 2.38. The van der Waals surface area contributed by atoms with Gasteiger partial charge >= 0.3 is 5.96 Å². The highest BCUT2D eigenvalue weighted by atomic mass is 35.5. The van der Waals surface area contributed by atoms with E-state index >= 15 is 0 Å². The fourth-order valence-electron chi connectivity index (χ4n) is 13.9. The molecule has 27 heteroatoms. The summed E-state index contributed by atoms with van der Waals surface area (Å²) in [7, 11) is 3.69. The van der Waals surface area contributed by atoms with Gasteiger partial charge < -0.3 is 48.7 Å². The number of aryl methyl sites for hydroxylation is 1. The molecule has 5 aromatic carbocycles. The zero-order chi connectivity index (χ0) is 76.6. The normalized spacial score (nSPS) is 15.1. The second-order valence-corrected chi connectivity index (χ2v) is 28.9. The lowest BCUT2D eigenvalue weighted by Crippen LogP contribution is -2.55. The number of anilines is 2. The monoisotopic (exact) mass is 1570 g/mol. The first kappa shape index (κ1) is 77.5. The number of fused-ring (bicyclic) bond motifs is 5. The van der Waals surface area contributed by atoms with Gasteiger partial charge in [0.05, 0.1) is 136 Å². The fourth-order valence-corrected chi connectivity index (χ4v) is 14.4. The topological polar surface area (TPSA) is 218 Å². The molecule has 1 unspecified atom stereocenters. The first-order valence-electron chi connectivity index (χ1n) is 37.0. The van der Waals surface area contributed by atoms with E-state index in [4.69, 9.17) is 80.7 Å². The number of likely N-dealkylation sites (N-methyl/N-ethyl adjacent to an activating group) is 1. The highest BCUT2D eigenvalue weighted by molar-refractivity contribution is 6.31. The third-order valence-corrected chi connectivity index (χ3v) is 20.7. The molecule has 3 fully saturated rings. The van der Waals surface area contributed by atoms with E-state index in [0.29, 0.717) is 24.7 Å². The molecule has 3 N–H and O–H groups in total. The number of piperidine rings is 1. The first-order valence-corrected chi connectivity index (χ1v) is 38.5. The minimum atomic E-state index is -0.138. The molecule has 0 radical (unpaired) electrons. The third-order valence-electron chi connectivity index (χ3n) is 19.7. The maximum Gasteiger partial charge on any atom is 0.394 e. The van der Waals surface area contributed by atoms with E-state index < -0.39 is 0 Å². The van der Waals surface area contributed by atoms with Gasteiger partial charge in [-0.2, -0.15) is 4.57 Å². The van der Waals surface area contributed by atoms with Crippen LogP contribution in [-0.4, -0.2) is 191 Å². The van der Waals surface area contributed by atoms with Gasteiger partial charge in [-0.25, -0.2) is 9.97 Å². The number of nitrogens with zero attached hydrogens (tertiary/aromatic N) is 17. The number of likely N-dealkylation sites (tertiary alicyclic amines) is 1. The number of imidazole rings is 2. The summed E-state index contributed by atoms with van der Waals surface area (Å²) in [6.45, 7) is 14.2. The van der Waals surface area contributed by atoms with E-state index in [-0.39, 0.29) is 18.8 Å². The second-order valence-electron chi connectivity index (χ2n) is 27.1. The second kappa shape index (κ2) is 37.2. The fraction of sp³-hybridized carbons (Fsp3) is 0.274. The van der Waals surface area contributed by atoms with Crippen molar-refractivity contribution in [2.24, 2.45) is 4.99 Å². The number of hydrogen-bond donors (Lipinski definition) is 3. The highest BCUT2D eigenvalue weighted by Crippen LogP contribution is 2.34. The van der Waals surface area contributed by atoms with Gasteiger partial charge in [0.15, 0.2) is 6.04 Å². The molecule has 23 nitrogen and oxygen atoms in total. The van der Waals surface area contributed by atoms with Crippen LogP contribution in [0.3, 0.4) is 0 Å². The maximum atomic E-state index is 9.69. The van der Waals surface area contributed by atoms with Crippen LogP contribution in [0.4, 0.5) is 11.9 Å². The number of aliphatic hydroxyl groups excluding tert-OH is 2. The van der Waals surface area contributed by atoms with Crippen LogP contribution >= 0.6 is 46.4 Å². The van der Waals surface area contributed by atoms with Crippen molar-refractivity contribution in [3.05, 3.63) is 274 Å². The minimum Gasteiger partial charge on any atom is -0.395 e. The van der Waals surface area contributed by atoms with Gasteiger partial charge in [0, 0.05) is 175 Å². The summed E-state index contributed by atoms with van der Waals surface area (Å²) in [5, 5.41) is 27.1. The van der Waals surface area contributed by atoms with Crippen LogP contribution in [0.25, 0.3) is 66.7 Å². The smallest absolute Gasteiger partial charge is 0.394 e. The van der Waals surface area contributed by atoms with Crippen LogP contribution < -0.4 is 19.7 Å². The van der Waals surface area contributed by atoms with E-state index in [2.05, 4.69) is 118 Å². The van der Waals surface area contributed by atoms with Crippen LogP contribution in [0.2, 0.25) is 20.1 Å². The lowest BCUT2D eigenvalue weighted by molar-refractivity contribution is -0.569. The SMILES string of the molecule is COCCN(C)c1nc(-c2ccc(Cl)cc2)c2cnccn12.Cc1ccc(C2N=C(N3CCOCC3)[n+]3ccncc32)cc1.Clc1ccc(-c2nc(N3CCOCC3)n3ccncc23)cc1.OC1CCN(Cc2cn(-c3ccc(Cl)cc3)c3cnccc23)CC1.OCCNCc1cn(-c2ccc(Cl)cc2)c2cnccc12. The Labute approximate surface area is 664 Å². The molecular weight excluding hydrogens is 1480 g/mol. The molecule has 1 atom stereocenters. The number of nitrogens with one attached hydrogen (secondary N) is 1. The van der Waals surface area contributed by atoms with Crippen LogP contribution in [0.1, 0.15) is 46.8 Å². The van der Waals surface area contributed by atoms with Gasteiger partial charge in [-0.1, -0.05) is 105 Å². The van der Waals surface area contributed by atoms with Gasteiger partial charge in [0.1, 0.15) is 5.69 Å². The minimum absolute atomic E-state index is 0.0205. The summed E-state index contributed by atoms with van der Waals surface area (Å²) in [5.74, 6) is 2.80. The Morgan fingerprint density at radius 1 is 0.568 bits per heavy atom. The third kappa shape index (κ3) is 18.7. The van der Waals surface area contributed by atoms with Crippen LogP contribution in [0, 0.1) is 6.92 Å². The molecule has 111 heavy (non-hydrogen) atoms. The lowest BCUT2D eigenvalue weighted by Gasteiger charge is -2.29. The molecule has 13 heterocycles. The largest absolute Gasteiger partial charge is 0.395 e. The van der Waals surface area contributed by atoms with E-state index in [1.54, 1.807) is 25.7 Å². The Balaban J connectivity index is 0.000000116. The Morgan fingerprint density at radius 3 is 1.65 bits per heavy atom. The number of methoxy groups -OCH3 is 1. The van der Waals surface area contributed by atoms with Gasteiger partial charge in [0.2, 0.25) is 11.9 Å². The molecule has 0 spiro atoms. The zero-order valence-corrected chi connectivity index (χ0v) is 65.0. The zero-order valence-electron chi connectivity index (χ0n) is 62.0. The number of ether oxygens (including phenoxy) is 3. The molecule has 0 amide bonds. The molecule has 14 aromatic rings. The summed E-state index contributed by atoms with van der Waals surface area (Å²) in [6.07, 6.45) is 30.1. The van der Waals surface area contributed by atoms with Crippen LogP contribution in [-0.2, 0) is 27.3 Å². The molecular formula is C84H87Cl4N18O5+. The Hall–Kier alpha value is -10.3. The molecule has 4 aliphatic rings. The summed E-state index contributed by atoms with van der Waals surface area (Å²) in [4.78, 5) is 44.9. The number of aromatic nitrogens is 12. The molecule has 0 aliphatic carbocycles. The van der Waals surface area contributed by atoms with Crippen molar-refractivity contribution in [1.29, 1.82) is 0 Å². The van der Waals surface area contributed by atoms with E-state index in [9.17, 15) is 5.11 Å². The van der Waals surface area contributed by atoms with Crippen molar-refractivity contribution >= 4 is 97.1 Å². The predicted molar refractivity (Wildman–Crippen MR) is 439 cm³/mol. The number of benzene rings is 5. The standard InChI is InChI=1S/C19H20ClN3O.C17H19N4O.C16H15ClN4O.C16H17ClN4O.C16H16ClN3O/c20-15-1-3-16(4-2-15)23-13-14(18-5-8-21-11-19(18)23)12-22-9-6-17(24)7-10-22;1-13-2-4-14(5-3-13)16-15-12-18-6-7-21(15)17(19-16)20-8-10-22-11-9-20;17-13-3-1-12(2-4-13)15-14-11-18-5-6-21(14)16(19-15)20-7-9-22-10-8-20;1-20(9-10-22-2)16-19-15(12-3-5-13(17)6-4-12)14-11-18-7-8-21(14)16;17-13-1-3-14(4-2-13)20-11-12(9-19-7-8-21)15-5-6-18-10-16(15)20/h1-5,8,11,13,17,24H,6-7,9-10,12H2;2-7,12,16H,8-11H2,1H3;1-6,11H,7-10H2;3-8,11H,9-10H2,1-2H3;1-6,10-11,19,21H,7-9H2/q;+1;;;. The number of aliphatic imine (C=N–C) groups is 1. The van der Waals surface area contributed by atoms with Crippen molar-refractivity contribution in [3.8, 4) is 33.9 Å². The molecule has 570 valence electrons. The van der Waals surface area contributed by atoms with Crippen LogP contribution in [0.15, 0.2) is 231 Å². The van der Waals surface area contributed by atoms with Gasteiger partial charge in [-0.15, -0.1) is 0 Å². The number of rotatable bonds is 16. The Bertz CT molecular complexity index is 5390. The number of morpholine rings is 2. The van der Waals surface area contributed by atoms with Crippen molar-refractivity contribution in [2.75, 3.05) is 116 Å². The number of aliphatic hydroxyl groups is 2. The molecule has 3 saturated heterocycles. The maximum absolute atomic E-state index is 9.69. The Kier molecular flexibility index (Phi) is 26.0. The summed E-state index contributed by atoms with van der Waals surface area (Å²) in [6, 6.07) is 43.7. The average molecular weight is 1570 g/mol. The molecule has 18 rings (SSSR count). The van der Waals surface area contributed by atoms with Gasteiger partial charge in [0.25, 0.3) is 0 Å². The van der Waals surface area contributed by atoms with Crippen LogP contribution in [0.5, 0.6) is 0 Å².